The van der Waals surface area contributed by atoms with E-state index in [9.17, 15) is 9.59 Å². The summed E-state index contributed by atoms with van der Waals surface area (Å²) < 4.78 is 9.73. The molecule has 0 fully saturated rings. The van der Waals surface area contributed by atoms with E-state index in [2.05, 4.69) is 10.1 Å². The van der Waals surface area contributed by atoms with Gasteiger partial charge in [-0.1, -0.05) is 0 Å². The van der Waals surface area contributed by atoms with Crippen molar-refractivity contribution in [2.24, 2.45) is 0 Å². The van der Waals surface area contributed by atoms with Gasteiger partial charge in [0.25, 0.3) is 0 Å². The number of rotatable bonds is 5. The maximum Gasteiger partial charge on any atom is 0.305 e. The van der Waals surface area contributed by atoms with Crippen LogP contribution < -0.4 is 10.1 Å². The molecule has 0 radical (unpaired) electrons. The second-order valence-corrected chi connectivity index (χ2v) is 3.83. The van der Waals surface area contributed by atoms with Crippen molar-refractivity contribution in [3.05, 3.63) is 23.8 Å². The lowest BCUT2D eigenvalue weighted by atomic mass is 10.1. The first kappa shape index (κ1) is 14.0. The van der Waals surface area contributed by atoms with E-state index in [1.165, 1.54) is 14.0 Å². The summed E-state index contributed by atoms with van der Waals surface area (Å²) >= 11 is 0. The molecule has 0 heterocycles. The van der Waals surface area contributed by atoms with E-state index in [1.807, 2.05) is 12.1 Å². The van der Waals surface area contributed by atoms with E-state index in [0.717, 1.165) is 5.56 Å². The van der Waals surface area contributed by atoms with Crippen LogP contribution in [-0.2, 0) is 20.7 Å². The fourth-order valence-corrected chi connectivity index (χ4v) is 1.55. The standard InChI is InChI=1S/C13H17NO4/c1-9(15)14-11-6-10(4-5-13(16)18-3)7-12(8-11)17-2/h6-8H,4-5H2,1-3H3,(H,14,15). The number of benzene rings is 1. The van der Waals surface area contributed by atoms with Crippen LogP contribution in [0, 0.1) is 0 Å². The maximum atomic E-state index is 11.1. The van der Waals surface area contributed by atoms with Crippen molar-refractivity contribution >= 4 is 17.6 Å². The van der Waals surface area contributed by atoms with E-state index in [4.69, 9.17) is 4.74 Å². The highest BCUT2D eigenvalue weighted by Crippen LogP contribution is 2.21. The molecule has 5 nitrogen and oxygen atoms in total. The minimum atomic E-state index is -0.265. The third-order valence-corrected chi connectivity index (χ3v) is 2.37. The van der Waals surface area contributed by atoms with Crippen molar-refractivity contribution < 1.29 is 19.1 Å². The monoisotopic (exact) mass is 251 g/mol. The summed E-state index contributed by atoms with van der Waals surface area (Å²) in [4.78, 5) is 22.1. The normalized spacial score (nSPS) is 9.72. The Labute approximate surface area is 106 Å². The van der Waals surface area contributed by atoms with Crippen LogP contribution in [0.15, 0.2) is 18.2 Å². The van der Waals surface area contributed by atoms with Crippen molar-refractivity contribution in [1.29, 1.82) is 0 Å². The van der Waals surface area contributed by atoms with E-state index in [-0.39, 0.29) is 11.9 Å². The van der Waals surface area contributed by atoms with Gasteiger partial charge in [0.1, 0.15) is 5.75 Å². The van der Waals surface area contributed by atoms with Crippen LogP contribution in [0.2, 0.25) is 0 Å². The number of methoxy groups -OCH3 is 2. The number of nitrogens with one attached hydrogen (secondary N) is 1. The number of esters is 1. The van der Waals surface area contributed by atoms with Gasteiger partial charge in [-0.3, -0.25) is 9.59 Å². The molecule has 0 unspecified atom stereocenters. The molecule has 98 valence electrons. The van der Waals surface area contributed by atoms with E-state index in [1.54, 1.807) is 13.2 Å². The Morgan fingerprint density at radius 1 is 1.22 bits per heavy atom. The number of carbonyl (C=O) groups excluding carboxylic acids is 2. The molecular weight excluding hydrogens is 234 g/mol. The van der Waals surface area contributed by atoms with Gasteiger partial charge >= 0.3 is 5.97 Å². The van der Waals surface area contributed by atoms with Crippen molar-refractivity contribution in [3.63, 3.8) is 0 Å². The molecule has 1 aromatic carbocycles. The van der Waals surface area contributed by atoms with Crippen LogP contribution >= 0.6 is 0 Å². The molecule has 1 amide bonds. The molecule has 0 aliphatic rings. The van der Waals surface area contributed by atoms with Gasteiger partial charge < -0.3 is 14.8 Å². The van der Waals surface area contributed by atoms with Gasteiger partial charge in [-0.25, -0.2) is 0 Å². The number of hydrogen-bond acceptors (Lipinski definition) is 4. The zero-order chi connectivity index (χ0) is 13.5. The number of carbonyl (C=O) groups is 2. The minimum absolute atomic E-state index is 0.151. The molecule has 0 spiro atoms. The van der Waals surface area contributed by atoms with Gasteiger partial charge in [0, 0.05) is 25.1 Å². The first-order valence-electron chi connectivity index (χ1n) is 5.57. The lowest BCUT2D eigenvalue weighted by Gasteiger charge is -2.09. The summed E-state index contributed by atoms with van der Waals surface area (Å²) in [7, 11) is 2.91. The highest BCUT2D eigenvalue weighted by molar-refractivity contribution is 5.89. The van der Waals surface area contributed by atoms with E-state index >= 15 is 0 Å². The lowest BCUT2D eigenvalue weighted by Crippen LogP contribution is -2.07. The second-order valence-electron chi connectivity index (χ2n) is 3.83. The maximum absolute atomic E-state index is 11.1. The second kappa shape index (κ2) is 6.64. The van der Waals surface area contributed by atoms with Crippen LogP contribution in [0.1, 0.15) is 18.9 Å². The lowest BCUT2D eigenvalue weighted by molar-refractivity contribution is -0.140. The van der Waals surface area contributed by atoms with Crippen LogP contribution in [-0.4, -0.2) is 26.1 Å². The number of hydrogen-bond donors (Lipinski definition) is 1. The number of amides is 1. The van der Waals surface area contributed by atoms with Crippen molar-refractivity contribution in [3.8, 4) is 5.75 Å². The summed E-state index contributed by atoms with van der Waals surface area (Å²) in [6.07, 6.45) is 0.833. The van der Waals surface area contributed by atoms with Crippen LogP contribution in [0.25, 0.3) is 0 Å². The van der Waals surface area contributed by atoms with Crippen LogP contribution in [0.5, 0.6) is 5.75 Å². The summed E-state index contributed by atoms with van der Waals surface area (Å²) in [5, 5.41) is 2.69. The molecule has 0 saturated carbocycles. The summed E-state index contributed by atoms with van der Waals surface area (Å²) in [5.41, 5.74) is 1.56. The van der Waals surface area contributed by atoms with Gasteiger partial charge in [-0.2, -0.15) is 0 Å². The average molecular weight is 251 g/mol. The number of aryl methyl sites for hydroxylation is 1. The van der Waals surface area contributed by atoms with Crippen LogP contribution in [0.3, 0.4) is 0 Å². The molecule has 0 atom stereocenters. The quantitative estimate of drug-likeness (QED) is 0.810. The number of anilines is 1. The first-order valence-corrected chi connectivity index (χ1v) is 5.57. The summed E-state index contributed by atoms with van der Waals surface area (Å²) in [6, 6.07) is 5.37. The molecule has 1 N–H and O–H groups in total. The fraction of sp³-hybridized carbons (Fsp3) is 0.385. The molecule has 0 saturated heterocycles. The molecule has 1 aromatic rings. The van der Waals surface area contributed by atoms with Gasteiger partial charge in [-0.05, 0) is 24.1 Å². The zero-order valence-electron chi connectivity index (χ0n) is 10.8. The van der Waals surface area contributed by atoms with Crippen molar-refractivity contribution in [1.82, 2.24) is 0 Å². The Morgan fingerprint density at radius 3 is 2.50 bits per heavy atom. The predicted octanol–water partition coefficient (Wildman–Crippen LogP) is 1.76. The topological polar surface area (TPSA) is 64.6 Å². The van der Waals surface area contributed by atoms with Crippen molar-refractivity contribution in [2.45, 2.75) is 19.8 Å². The Morgan fingerprint density at radius 2 is 1.94 bits per heavy atom. The first-order chi connectivity index (χ1) is 8.55. The zero-order valence-corrected chi connectivity index (χ0v) is 10.8. The molecule has 0 aliphatic carbocycles. The molecular formula is C13H17NO4. The molecule has 5 heteroatoms. The molecule has 0 aromatic heterocycles. The third kappa shape index (κ3) is 4.45. The highest BCUT2D eigenvalue weighted by atomic mass is 16.5. The number of ether oxygens (including phenoxy) is 2. The largest absolute Gasteiger partial charge is 0.497 e. The van der Waals surface area contributed by atoms with E-state index < -0.39 is 0 Å². The van der Waals surface area contributed by atoms with E-state index in [0.29, 0.717) is 24.3 Å². The Bertz CT molecular complexity index is 443. The van der Waals surface area contributed by atoms with Crippen LogP contribution in [0.4, 0.5) is 5.69 Å². The molecule has 18 heavy (non-hydrogen) atoms. The van der Waals surface area contributed by atoms with Crippen molar-refractivity contribution in [2.75, 3.05) is 19.5 Å². The van der Waals surface area contributed by atoms with Gasteiger partial charge in [-0.15, -0.1) is 0 Å². The van der Waals surface area contributed by atoms with Gasteiger partial charge in [0.2, 0.25) is 5.91 Å². The third-order valence-electron chi connectivity index (χ3n) is 2.37. The Balaban J connectivity index is 2.83. The predicted molar refractivity (Wildman–Crippen MR) is 67.6 cm³/mol. The molecule has 1 rings (SSSR count). The average Bonchev–Trinajstić information content (AvgIpc) is 2.34. The summed E-state index contributed by atoms with van der Waals surface area (Å²) in [5.74, 6) is 0.224. The highest BCUT2D eigenvalue weighted by Gasteiger charge is 2.06. The fourth-order valence-electron chi connectivity index (χ4n) is 1.55. The molecule has 0 aliphatic heterocycles. The van der Waals surface area contributed by atoms with Gasteiger partial charge in [0.15, 0.2) is 0 Å². The smallest absolute Gasteiger partial charge is 0.305 e. The van der Waals surface area contributed by atoms with Gasteiger partial charge in [0.05, 0.1) is 14.2 Å². The Hall–Kier alpha value is -2.04. The minimum Gasteiger partial charge on any atom is -0.497 e. The molecule has 0 bridgehead atoms. The SMILES string of the molecule is COC(=O)CCc1cc(NC(C)=O)cc(OC)c1. The summed E-state index contributed by atoms with van der Waals surface area (Å²) in [6.45, 7) is 1.44. The Kier molecular flexibility index (Phi) is 5.17.